The van der Waals surface area contributed by atoms with Gasteiger partial charge in [-0.3, -0.25) is 9.78 Å². The van der Waals surface area contributed by atoms with E-state index in [9.17, 15) is 14.0 Å². The Labute approximate surface area is 161 Å². The predicted molar refractivity (Wildman–Crippen MR) is 104 cm³/mol. The topological polar surface area (TPSA) is 80.3 Å². The molecular weight excluding hydrogens is 361 g/mol. The summed E-state index contributed by atoms with van der Waals surface area (Å²) in [6, 6.07) is 14.2. The Balaban J connectivity index is 1.69. The van der Waals surface area contributed by atoms with Gasteiger partial charge in [-0.1, -0.05) is 12.1 Å². The van der Waals surface area contributed by atoms with Crippen LogP contribution in [0, 0.1) is 5.82 Å². The third kappa shape index (κ3) is 4.70. The molecule has 0 atom stereocenters. The van der Waals surface area contributed by atoms with Gasteiger partial charge in [-0.05, 0) is 49.4 Å². The highest BCUT2D eigenvalue weighted by Crippen LogP contribution is 2.20. The lowest BCUT2D eigenvalue weighted by Crippen LogP contribution is -2.13. The highest BCUT2D eigenvalue weighted by atomic mass is 19.1. The molecule has 28 heavy (non-hydrogen) atoms. The fraction of sp³-hybridized carbons (Fsp3) is 0.0952. The molecule has 3 aromatic rings. The Morgan fingerprint density at radius 3 is 2.46 bits per heavy atom. The van der Waals surface area contributed by atoms with Crippen LogP contribution in [0.25, 0.3) is 0 Å². The Morgan fingerprint density at radius 2 is 1.75 bits per heavy atom. The molecule has 0 unspecified atom stereocenters. The molecule has 1 heterocycles. The van der Waals surface area contributed by atoms with Crippen molar-refractivity contribution in [2.45, 2.75) is 6.92 Å². The summed E-state index contributed by atoms with van der Waals surface area (Å²) in [7, 11) is 0. The van der Waals surface area contributed by atoms with Gasteiger partial charge in [0.05, 0.1) is 35.3 Å². The van der Waals surface area contributed by atoms with Gasteiger partial charge < -0.3 is 15.4 Å². The summed E-state index contributed by atoms with van der Waals surface area (Å²) in [5, 5.41) is 5.62. The van der Waals surface area contributed by atoms with Crippen LogP contribution in [0.2, 0.25) is 0 Å². The van der Waals surface area contributed by atoms with Crippen molar-refractivity contribution in [3.05, 3.63) is 83.9 Å². The van der Waals surface area contributed by atoms with E-state index in [4.69, 9.17) is 4.74 Å². The van der Waals surface area contributed by atoms with Crippen molar-refractivity contribution in [3.8, 4) is 0 Å². The first kappa shape index (κ1) is 19.0. The van der Waals surface area contributed by atoms with Gasteiger partial charge in [0, 0.05) is 11.9 Å². The first-order valence-electron chi connectivity index (χ1n) is 8.62. The van der Waals surface area contributed by atoms with E-state index in [1.54, 1.807) is 55.5 Å². The number of esters is 1. The van der Waals surface area contributed by atoms with Crippen LogP contribution in [0.3, 0.4) is 0 Å². The lowest BCUT2D eigenvalue weighted by molar-refractivity contribution is 0.0526. The van der Waals surface area contributed by atoms with E-state index >= 15 is 0 Å². The summed E-state index contributed by atoms with van der Waals surface area (Å²) in [6.07, 6.45) is 2.91. The predicted octanol–water partition coefficient (Wildman–Crippen LogP) is 4.39. The van der Waals surface area contributed by atoms with Gasteiger partial charge in [0.25, 0.3) is 5.91 Å². The van der Waals surface area contributed by atoms with Gasteiger partial charge in [0.2, 0.25) is 0 Å². The van der Waals surface area contributed by atoms with Crippen LogP contribution in [-0.2, 0) is 4.74 Å². The van der Waals surface area contributed by atoms with Crippen molar-refractivity contribution in [2.24, 2.45) is 0 Å². The molecular formula is C21H18FN3O3. The molecule has 0 bridgehead atoms. The van der Waals surface area contributed by atoms with Crippen LogP contribution in [0.4, 0.5) is 21.5 Å². The molecule has 2 aromatic carbocycles. The van der Waals surface area contributed by atoms with E-state index in [0.29, 0.717) is 29.1 Å². The van der Waals surface area contributed by atoms with E-state index in [1.165, 1.54) is 18.5 Å². The molecule has 0 spiro atoms. The quantitative estimate of drug-likeness (QED) is 0.621. The number of halogens is 1. The van der Waals surface area contributed by atoms with Gasteiger partial charge in [-0.15, -0.1) is 0 Å². The van der Waals surface area contributed by atoms with Gasteiger partial charge in [0.1, 0.15) is 5.82 Å². The van der Waals surface area contributed by atoms with Crippen LogP contribution in [0.5, 0.6) is 0 Å². The third-order valence-electron chi connectivity index (χ3n) is 3.81. The molecule has 0 fully saturated rings. The Bertz CT molecular complexity index is 990. The second-order valence-corrected chi connectivity index (χ2v) is 5.82. The molecule has 1 aromatic heterocycles. The van der Waals surface area contributed by atoms with Gasteiger partial charge in [0.15, 0.2) is 0 Å². The average Bonchev–Trinajstić information content (AvgIpc) is 2.71. The molecule has 0 saturated carbocycles. The second kappa shape index (κ2) is 8.77. The summed E-state index contributed by atoms with van der Waals surface area (Å²) in [6.45, 7) is 2.03. The monoisotopic (exact) mass is 379 g/mol. The van der Waals surface area contributed by atoms with E-state index in [0.717, 1.165) is 0 Å². The summed E-state index contributed by atoms with van der Waals surface area (Å²) < 4.78 is 18.7. The third-order valence-corrected chi connectivity index (χ3v) is 3.81. The number of carbonyl (C=O) groups is 2. The number of nitrogens with zero attached hydrogens (tertiary/aromatic N) is 1. The fourth-order valence-electron chi connectivity index (χ4n) is 2.46. The SMILES string of the molecule is CCOC(=O)c1ccc(NC(=O)c2cncc(Nc3ccccc3F)c2)cc1. The number of para-hydroxylation sites is 1. The van der Waals surface area contributed by atoms with Crippen molar-refractivity contribution >= 4 is 28.9 Å². The number of carbonyl (C=O) groups excluding carboxylic acids is 2. The number of rotatable bonds is 6. The van der Waals surface area contributed by atoms with E-state index in [1.807, 2.05) is 0 Å². The van der Waals surface area contributed by atoms with Crippen molar-refractivity contribution in [1.82, 2.24) is 4.98 Å². The zero-order valence-corrected chi connectivity index (χ0v) is 15.1. The summed E-state index contributed by atoms with van der Waals surface area (Å²) in [5.74, 6) is -1.20. The normalized spacial score (nSPS) is 10.2. The number of aromatic nitrogens is 1. The minimum Gasteiger partial charge on any atom is -0.462 e. The molecule has 2 N–H and O–H groups in total. The highest BCUT2D eigenvalue weighted by Gasteiger charge is 2.10. The number of nitrogens with one attached hydrogen (secondary N) is 2. The van der Waals surface area contributed by atoms with Crippen LogP contribution < -0.4 is 10.6 Å². The maximum Gasteiger partial charge on any atom is 0.338 e. The van der Waals surface area contributed by atoms with Crippen LogP contribution in [-0.4, -0.2) is 23.5 Å². The van der Waals surface area contributed by atoms with Crippen LogP contribution >= 0.6 is 0 Å². The Hall–Kier alpha value is -3.74. The zero-order chi connectivity index (χ0) is 19.9. The smallest absolute Gasteiger partial charge is 0.338 e. The molecule has 142 valence electrons. The van der Waals surface area contributed by atoms with E-state index in [-0.39, 0.29) is 11.6 Å². The van der Waals surface area contributed by atoms with Crippen LogP contribution in [0.15, 0.2) is 67.0 Å². The summed E-state index contributed by atoms with van der Waals surface area (Å²) >= 11 is 0. The number of hydrogen-bond donors (Lipinski definition) is 2. The zero-order valence-electron chi connectivity index (χ0n) is 15.1. The molecule has 0 aliphatic rings. The van der Waals surface area contributed by atoms with Crippen molar-refractivity contribution in [2.75, 3.05) is 17.2 Å². The number of anilines is 3. The second-order valence-electron chi connectivity index (χ2n) is 5.82. The minimum absolute atomic E-state index is 0.288. The number of hydrogen-bond acceptors (Lipinski definition) is 5. The maximum absolute atomic E-state index is 13.8. The lowest BCUT2D eigenvalue weighted by atomic mass is 10.2. The van der Waals surface area contributed by atoms with E-state index < -0.39 is 11.8 Å². The molecule has 0 aliphatic heterocycles. The van der Waals surface area contributed by atoms with E-state index in [2.05, 4.69) is 15.6 Å². The average molecular weight is 379 g/mol. The molecule has 0 radical (unpaired) electrons. The number of ether oxygens (including phenoxy) is 1. The standard InChI is InChI=1S/C21H18FN3O3/c1-2-28-21(27)14-7-9-16(10-8-14)25-20(26)15-11-17(13-23-12-15)24-19-6-4-3-5-18(19)22/h3-13,24H,2H2,1H3,(H,25,26). The summed E-state index contributed by atoms with van der Waals surface area (Å²) in [5.41, 5.74) is 1.99. The number of benzene rings is 2. The van der Waals surface area contributed by atoms with Crippen LogP contribution in [0.1, 0.15) is 27.6 Å². The minimum atomic E-state index is -0.420. The molecule has 6 nitrogen and oxygen atoms in total. The molecule has 7 heteroatoms. The summed E-state index contributed by atoms with van der Waals surface area (Å²) in [4.78, 5) is 28.1. The Kier molecular flexibility index (Phi) is 5.96. The largest absolute Gasteiger partial charge is 0.462 e. The van der Waals surface area contributed by atoms with Gasteiger partial charge in [-0.2, -0.15) is 0 Å². The van der Waals surface area contributed by atoms with Crippen molar-refractivity contribution in [1.29, 1.82) is 0 Å². The first-order chi connectivity index (χ1) is 13.6. The molecule has 3 rings (SSSR count). The first-order valence-corrected chi connectivity index (χ1v) is 8.62. The number of pyridine rings is 1. The molecule has 0 aliphatic carbocycles. The molecule has 0 saturated heterocycles. The van der Waals surface area contributed by atoms with Gasteiger partial charge in [-0.25, -0.2) is 9.18 Å². The van der Waals surface area contributed by atoms with Crippen molar-refractivity contribution in [3.63, 3.8) is 0 Å². The molecule has 1 amide bonds. The van der Waals surface area contributed by atoms with Gasteiger partial charge >= 0.3 is 5.97 Å². The maximum atomic E-state index is 13.8. The fourth-order valence-corrected chi connectivity index (χ4v) is 2.46. The van der Waals surface area contributed by atoms with Crippen molar-refractivity contribution < 1.29 is 18.7 Å². The lowest BCUT2D eigenvalue weighted by Gasteiger charge is -2.09. The number of amides is 1. The Morgan fingerprint density at radius 1 is 1.00 bits per heavy atom. The highest BCUT2D eigenvalue weighted by molar-refractivity contribution is 6.04.